The molecule has 38 heavy (non-hydrogen) atoms. The highest BCUT2D eigenvalue weighted by Crippen LogP contribution is 2.32. The van der Waals surface area contributed by atoms with Crippen LogP contribution in [0.1, 0.15) is 110 Å². The molecule has 0 radical (unpaired) electrons. The zero-order valence-corrected chi connectivity index (χ0v) is 27.1. The van der Waals surface area contributed by atoms with Gasteiger partial charge < -0.3 is 25.2 Å². The van der Waals surface area contributed by atoms with Gasteiger partial charge in [-0.15, -0.1) is 0 Å². The summed E-state index contributed by atoms with van der Waals surface area (Å²) >= 11 is 0. The third-order valence-corrected chi connectivity index (χ3v) is 7.37. The van der Waals surface area contributed by atoms with Gasteiger partial charge in [0, 0.05) is 39.8 Å². The van der Waals surface area contributed by atoms with Gasteiger partial charge in [0.2, 0.25) is 0 Å². The van der Waals surface area contributed by atoms with Crippen LogP contribution in [0.3, 0.4) is 0 Å². The summed E-state index contributed by atoms with van der Waals surface area (Å²) in [5.41, 5.74) is 11.0. The van der Waals surface area contributed by atoms with E-state index < -0.39 is 5.60 Å². The summed E-state index contributed by atoms with van der Waals surface area (Å²) in [5, 5.41) is 9.08. The molecule has 2 rings (SSSR count). The third kappa shape index (κ3) is 14.0. The fourth-order valence-corrected chi connectivity index (χ4v) is 4.63. The van der Waals surface area contributed by atoms with Gasteiger partial charge in [-0.1, -0.05) is 46.6 Å². The third-order valence-electron chi connectivity index (χ3n) is 6.07. The molecule has 2 heterocycles. The van der Waals surface area contributed by atoms with Crippen LogP contribution in [0.15, 0.2) is 6.08 Å². The molecule has 0 spiro atoms. The smallest absolute Gasteiger partial charge is 0.149 e. The molecule has 0 aliphatic heterocycles. The maximum absolute atomic E-state index is 9.08. The van der Waals surface area contributed by atoms with Crippen LogP contribution in [0.25, 0.3) is 16.6 Å². The number of allylic oxidation sites excluding steroid dienone is 2. The Labute approximate surface area is 235 Å². The summed E-state index contributed by atoms with van der Waals surface area (Å²) in [7, 11) is 4.28. The molecule has 7 nitrogen and oxygen atoms in total. The number of hydrogen-bond acceptors (Lipinski definition) is 6. The van der Waals surface area contributed by atoms with Crippen LogP contribution in [0, 0.1) is 6.92 Å². The van der Waals surface area contributed by atoms with E-state index in [1.54, 1.807) is 21.0 Å². The van der Waals surface area contributed by atoms with Crippen molar-refractivity contribution in [1.82, 2.24) is 19.9 Å². The highest BCUT2D eigenvalue weighted by Gasteiger charge is 2.17. The van der Waals surface area contributed by atoms with Gasteiger partial charge in [-0.3, -0.25) is 0 Å². The maximum atomic E-state index is 9.08. The number of nitrogen functional groups attached to an aromatic ring is 1. The second-order valence-electron chi connectivity index (χ2n) is 10.2. The van der Waals surface area contributed by atoms with Gasteiger partial charge in [0.1, 0.15) is 22.7 Å². The van der Waals surface area contributed by atoms with Crippen LogP contribution in [-0.2, 0) is 10.9 Å². The summed E-state index contributed by atoms with van der Waals surface area (Å²) < 4.78 is 4.79. The van der Waals surface area contributed by atoms with Gasteiger partial charge in [-0.2, -0.15) is 0 Å². The first-order valence-corrected chi connectivity index (χ1v) is 15.7. The second kappa shape index (κ2) is 20.4. The summed E-state index contributed by atoms with van der Waals surface area (Å²) in [6, 6.07) is 0. The Morgan fingerprint density at radius 1 is 1.11 bits per heavy atom. The van der Waals surface area contributed by atoms with Crippen molar-refractivity contribution in [3.63, 3.8) is 0 Å². The number of unbranched alkanes of at least 4 members (excludes halogenated alkanes) is 3. The van der Waals surface area contributed by atoms with E-state index in [4.69, 9.17) is 20.3 Å². The van der Waals surface area contributed by atoms with Gasteiger partial charge in [-0.05, 0) is 85.5 Å². The monoisotopic (exact) mass is 551 g/mol. The number of pyridine rings is 1. The molecular weight excluding hydrogens is 493 g/mol. The minimum absolute atomic E-state index is 0.416. The number of fused-ring (bicyclic) bond motifs is 1. The number of hydrogen-bond donors (Lipinski definition) is 3. The van der Waals surface area contributed by atoms with Crippen LogP contribution in [-0.4, -0.2) is 64.0 Å². The van der Waals surface area contributed by atoms with Gasteiger partial charge in [0.05, 0.1) is 5.60 Å². The lowest BCUT2D eigenvalue weighted by Crippen LogP contribution is -2.20. The van der Waals surface area contributed by atoms with Crippen molar-refractivity contribution < 1.29 is 9.63 Å². The number of aliphatic hydroxyl groups is 1. The molecule has 8 heteroatoms. The number of H-pyrrole nitrogens is 1. The highest BCUT2D eigenvalue weighted by molar-refractivity contribution is 7.32. The Kier molecular flexibility index (Phi) is 19.6. The van der Waals surface area contributed by atoms with Crippen LogP contribution in [0.4, 0.5) is 5.82 Å². The number of aromatic amines is 1. The molecule has 0 amide bonds. The van der Waals surface area contributed by atoms with Crippen molar-refractivity contribution in [1.29, 1.82) is 0 Å². The number of nitrogens with one attached hydrogen (secondary N) is 1. The molecule has 0 saturated carbocycles. The van der Waals surface area contributed by atoms with E-state index in [2.05, 4.69) is 55.7 Å². The van der Waals surface area contributed by atoms with Crippen LogP contribution >= 0.6 is 8.81 Å². The number of aromatic nitrogens is 3. The SMILES string of the molecule is C/C=C(/CCCCCN(C)CCC)c1c(C)nc(N)c2[nH]c(CCCC)nc12.CC.COPCC(C)(C)O. The Morgan fingerprint density at radius 3 is 2.32 bits per heavy atom. The van der Waals surface area contributed by atoms with Gasteiger partial charge in [-0.25, -0.2) is 9.97 Å². The van der Waals surface area contributed by atoms with Gasteiger partial charge >= 0.3 is 0 Å². The summed E-state index contributed by atoms with van der Waals surface area (Å²) in [5.74, 6) is 1.58. The Morgan fingerprint density at radius 2 is 1.79 bits per heavy atom. The van der Waals surface area contributed by atoms with Crippen LogP contribution in [0.2, 0.25) is 0 Å². The fourth-order valence-electron chi connectivity index (χ4n) is 4.13. The molecule has 1 atom stereocenters. The van der Waals surface area contributed by atoms with E-state index in [1.165, 1.54) is 49.9 Å². The molecule has 220 valence electrons. The molecule has 0 aliphatic rings. The zero-order chi connectivity index (χ0) is 29.1. The fraction of sp³-hybridized carbons (Fsp3) is 0.733. The molecular formula is C30H58N5O2P. The minimum Gasteiger partial charge on any atom is -0.390 e. The maximum Gasteiger partial charge on any atom is 0.149 e. The van der Waals surface area contributed by atoms with E-state index in [0.29, 0.717) is 14.6 Å². The Bertz CT molecular complexity index is 921. The number of rotatable bonds is 15. The summed E-state index contributed by atoms with van der Waals surface area (Å²) in [6.45, 7) is 18.5. The van der Waals surface area contributed by atoms with E-state index in [-0.39, 0.29) is 0 Å². The first-order chi connectivity index (χ1) is 18.1. The lowest BCUT2D eigenvalue weighted by atomic mass is 9.97. The molecule has 4 N–H and O–H groups in total. The van der Waals surface area contributed by atoms with Crippen molar-refractivity contribution in [3.8, 4) is 0 Å². The summed E-state index contributed by atoms with van der Waals surface area (Å²) in [4.78, 5) is 15.4. The normalized spacial score (nSPS) is 12.2. The largest absolute Gasteiger partial charge is 0.390 e. The number of nitrogens with zero attached hydrogens (tertiary/aromatic N) is 3. The lowest BCUT2D eigenvalue weighted by molar-refractivity contribution is 0.104. The first-order valence-electron chi connectivity index (χ1n) is 14.5. The zero-order valence-electron chi connectivity index (χ0n) is 26.1. The number of aryl methyl sites for hydroxylation is 2. The molecule has 0 fully saturated rings. The average molecular weight is 552 g/mol. The van der Waals surface area contributed by atoms with Crippen molar-refractivity contribution in [2.75, 3.05) is 39.1 Å². The predicted octanol–water partition coefficient (Wildman–Crippen LogP) is 7.52. The first kappa shape index (κ1) is 36.5. The molecule has 2 aromatic heterocycles. The van der Waals surface area contributed by atoms with Crippen LogP contribution in [0.5, 0.6) is 0 Å². The lowest BCUT2D eigenvalue weighted by Gasteiger charge is -2.15. The van der Waals surface area contributed by atoms with Gasteiger partial charge in [0.25, 0.3) is 0 Å². The standard InChI is InChI=1S/C23H39N5.C5H13O2P.C2H6/c1-6-9-14-19-26-21-20(17(4)25-23(24)22(21)27-19)18(8-3)13-11-10-12-16-28(5)15-7-2;1-5(2,6)4-8-7-3;1-2/h8H,6-7,9-16H2,1-5H3,(H2,24,25)(H,26,27);6,8H,4H2,1-3H3;1-2H3/b18-8-;;. The van der Waals surface area contributed by atoms with E-state index in [9.17, 15) is 0 Å². The van der Waals surface area contributed by atoms with Crippen LogP contribution < -0.4 is 5.73 Å². The van der Waals surface area contributed by atoms with Crippen molar-refractivity contribution in [2.24, 2.45) is 0 Å². The van der Waals surface area contributed by atoms with E-state index in [0.717, 1.165) is 54.4 Å². The highest BCUT2D eigenvalue weighted by atomic mass is 31.1. The number of anilines is 1. The average Bonchev–Trinajstić information content (AvgIpc) is 3.30. The van der Waals surface area contributed by atoms with Crippen molar-refractivity contribution >= 4 is 31.2 Å². The van der Waals surface area contributed by atoms with Crippen molar-refractivity contribution in [3.05, 3.63) is 23.2 Å². The summed E-state index contributed by atoms with van der Waals surface area (Å²) in [6.07, 6.45) is 12.2. The quantitative estimate of drug-likeness (QED) is 0.156. The van der Waals surface area contributed by atoms with Crippen molar-refractivity contribution in [2.45, 2.75) is 112 Å². The Balaban J connectivity index is 0.00000117. The van der Waals surface area contributed by atoms with E-state index in [1.807, 2.05) is 13.8 Å². The molecule has 0 aliphatic carbocycles. The number of imidazole rings is 1. The second-order valence-corrected chi connectivity index (χ2v) is 11.3. The molecule has 1 unspecified atom stereocenters. The topological polar surface area (TPSA) is 100 Å². The predicted molar refractivity (Wildman–Crippen MR) is 169 cm³/mol. The molecule has 2 aromatic rings. The Hall–Kier alpha value is -1.53. The van der Waals surface area contributed by atoms with Gasteiger partial charge in [0.15, 0.2) is 0 Å². The number of nitrogens with two attached hydrogens (primary N) is 1. The molecule has 0 saturated heterocycles. The minimum atomic E-state index is -0.561. The molecule has 0 bridgehead atoms. The molecule has 0 aromatic carbocycles. The van der Waals surface area contributed by atoms with E-state index >= 15 is 0 Å².